The second kappa shape index (κ2) is 9.95. The molecule has 1 saturated carbocycles. The average Bonchev–Trinajstić information content (AvgIpc) is 3.46. The number of hydrogen-bond acceptors (Lipinski definition) is 4. The maximum atomic E-state index is 12.6. The second-order valence-electron chi connectivity index (χ2n) is 8.79. The Morgan fingerprint density at radius 2 is 1.82 bits per heavy atom. The Morgan fingerprint density at radius 3 is 2.68 bits per heavy atom. The molecule has 174 valence electrons. The molecule has 0 bridgehead atoms. The van der Waals surface area contributed by atoms with Gasteiger partial charge in [0.2, 0.25) is 5.91 Å². The number of nitrogens with one attached hydrogen (secondary N) is 1. The van der Waals surface area contributed by atoms with E-state index in [4.69, 9.17) is 4.74 Å². The Bertz CT molecular complexity index is 1350. The third-order valence-electron chi connectivity index (χ3n) is 6.18. The lowest BCUT2D eigenvalue weighted by Crippen LogP contribution is -2.21. The summed E-state index contributed by atoms with van der Waals surface area (Å²) in [5.41, 5.74) is 3.10. The van der Waals surface area contributed by atoms with E-state index in [0.29, 0.717) is 36.8 Å². The number of anilines is 1. The van der Waals surface area contributed by atoms with Crippen LogP contribution in [0.5, 0.6) is 5.75 Å². The predicted octanol–water partition coefficient (Wildman–Crippen LogP) is 4.44. The van der Waals surface area contributed by atoms with Crippen molar-refractivity contribution in [3.8, 4) is 5.75 Å². The first-order valence-electron chi connectivity index (χ1n) is 11.8. The number of pyridine rings is 1. The molecule has 1 N–H and O–H groups in total. The van der Waals surface area contributed by atoms with Crippen LogP contribution in [0.3, 0.4) is 0 Å². The molecule has 1 fully saturated rings. The molecule has 1 amide bonds. The molecule has 0 radical (unpaired) electrons. The highest BCUT2D eigenvalue weighted by atomic mass is 16.5. The third kappa shape index (κ3) is 5.20. The Labute approximate surface area is 198 Å². The number of aromatic nitrogens is 3. The molecule has 0 spiro atoms. The molecule has 7 nitrogen and oxygen atoms in total. The van der Waals surface area contributed by atoms with Crippen molar-refractivity contribution in [2.24, 2.45) is 0 Å². The van der Waals surface area contributed by atoms with Crippen LogP contribution in [0.2, 0.25) is 0 Å². The average molecular weight is 457 g/mol. The van der Waals surface area contributed by atoms with Crippen molar-refractivity contribution in [1.82, 2.24) is 14.2 Å². The highest BCUT2D eigenvalue weighted by molar-refractivity contribution is 5.90. The number of carbonyl (C=O) groups is 1. The molecule has 0 atom stereocenters. The van der Waals surface area contributed by atoms with Gasteiger partial charge >= 0.3 is 5.69 Å². The summed E-state index contributed by atoms with van der Waals surface area (Å²) in [4.78, 5) is 25.1. The number of rotatable bonds is 8. The lowest BCUT2D eigenvalue weighted by molar-refractivity contribution is -0.116. The summed E-state index contributed by atoms with van der Waals surface area (Å²) in [6.07, 6.45) is 7.77. The summed E-state index contributed by atoms with van der Waals surface area (Å²) in [6, 6.07) is 21.0. The van der Waals surface area contributed by atoms with Crippen molar-refractivity contribution >= 4 is 17.2 Å². The van der Waals surface area contributed by atoms with Crippen molar-refractivity contribution in [3.63, 3.8) is 0 Å². The Balaban J connectivity index is 1.18. The van der Waals surface area contributed by atoms with Crippen molar-refractivity contribution in [3.05, 3.63) is 94.5 Å². The van der Waals surface area contributed by atoms with Crippen LogP contribution in [0, 0.1) is 0 Å². The summed E-state index contributed by atoms with van der Waals surface area (Å²) in [5, 5.41) is 7.34. The fourth-order valence-electron chi connectivity index (χ4n) is 4.45. The summed E-state index contributed by atoms with van der Waals surface area (Å²) >= 11 is 0. The molecule has 34 heavy (non-hydrogen) atoms. The van der Waals surface area contributed by atoms with Gasteiger partial charge in [0.1, 0.15) is 5.75 Å². The zero-order chi connectivity index (χ0) is 23.3. The lowest BCUT2D eigenvalue weighted by Gasteiger charge is -2.14. The van der Waals surface area contributed by atoms with E-state index in [1.807, 2.05) is 54.6 Å². The minimum absolute atomic E-state index is 0.0517. The maximum absolute atomic E-state index is 12.6. The molecule has 2 aromatic heterocycles. The van der Waals surface area contributed by atoms with Crippen molar-refractivity contribution in [2.75, 3.05) is 5.32 Å². The number of benzene rings is 2. The van der Waals surface area contributed by atoms with E-state index in [1.165, 1.54) is 21.9 Å². The highest BCUT2D eigenvalue weighted by Crippen LogP contribution is 2.25. The summed E-state index contributed by atoms with van der Waals surface area (Å²) in [5.74, 6) is 0.837. The van der Waals surface area contributed by atoms with E-state index >= 15 is 0 Å². The SMILES string of the molecule is O=C(CCc1cccc(OC2CCCC2)c1)Nc1cccc(Cn2nc3ccccn3c2=O)c1. The van der Waals surface area contributed by atoms with Gasteiger partial charge in [-0.3, -0.25) is 9.20 Å². The second-order valence-corrected chi connectivity index (χ2v) is 8.79. The van der Waals surface area contributed by atoms with Gasteiger partial charge in [-0.25, -0.2) is 9.48 Å². The predicted molar refractivity (Wildman–Crippen MR) is 131 cm³/mol. The number of carbonyl (C=O) groups excluding carboxylic acids is 1. The van der Waals surface area contributed by atoms with Crippen molar-refractivity contribution < 1.29 is 9.53 Å². The number of amides is 1. The van der Waals surface area contributed by atoms with Gasteiger partial charge in [0, 0.05) is 18.3 Å². The van der Waals surface area contributed by atoms with E-state index < -0.39 is 0 Å². The van der Waals surface area contributed by atoms with Crippen LogP contribution in [0.25, 0.3) is 5.65 Å². The van der Waals surface area contributed by atoms with Gasteiger partial charge in [-0.2, -0.15) is 0 Å². The van der Waals surface area contributed by atoms with Gasteiger partial charge in [0.25, 0.3) is 0 Å². The Morgan fingerprint density at radius 1 is 1.00 bits per heavy atom. The van der Waals surface area contributed by atoms with E-state index in [-0.39, 0.29) is 11.6 Å². The third-order valence-corrected chi connectivity index (χ3v) is 6.18. The highest BCUT2D eigenvalue weighted by Gasteiger charge is 2.16. The molecule has 7 heteroatoms. The standard InChI is InChI=1S/C27H28N4O3/c32-26(15-14-20-7-6-12-24(18-20)34-23-10-1-2-11-23)28-22-9-5-8-21(17-22)19-31-27(33)30-16-4-3-13-25(30)29-31/h3-9,12-13,16-18,23H,1-2,10-11,14-15,19H2,(H,28,32). The molecular weight excluding hydrogens is 428 g/mol. The number of aryl methyl sites for hydroxylation is 1. The van der Waals surface area contributed by atoms with E-state index in [2.05, 4.69) is 10.4 Å². The fourth-order valence-corrected chi connectivity index (χ4v) is 4.45. The van der Waals surface area contributed by atoms with Crippen LogP contribution >= 0.6 is 0 Å². The zero-order valence-corrected chi connectivity index (χ0v) is 19.0. The summed E-state index contributed by atoms with van der Waals surface area (Å²) < 4.78 is 9.02. The molecule has 4 aromatic rings. The van der Waals surface area contributed by atoms with Gasteiger partial charge in [0.15, 0.2) is 5.65 Å². The normalized spacial score (nSPS) is 13.9. The first-order chi connectivity index (χ1) is 16.6. The van der Waals surface area contributed by atoms with Gasteiger partial charge in [0.05, 0.1) is 12.6 Å². The monoisotopic (exact) mass is 456 g/mol. The minimum atomic E-state index is -0.191. The number of hydrogen-bond donors (Lipinski definition) is 1. The topological polar surface area (TPSA) is 77.6 Å². The van der Waals surface area contributed by atoms with Crippen molar-refractivity contribution in [1.29, 1.82) is 0 Å². The smallest absolute Gasteiger partial charge is 0.350 e. The largest absolute Gasteiger partial charge is 0.490 e. The number of nitrogens with zero attached hydrogens (tertiary/aromatic N) is 3. The lowest BCUT2D eigenvalue weighted by atomic mass is 10.1. The molecule has 1 aliphatic rings. The van der Waals surface area contributed by atoms with Crippen LogP contribution in [0.4, 0.5) is 5.69 Å². The van der Waals surface area contributed by atoms with E-state index in [1.54, 1.807) is 18.3 Å². The molecule has 5 rings (SSSR count). The molecule has 1 aliphatic carbocycles. The minimum Gasteiger partial charge on any atom is -0.490 e. The van der Waals surface area contributed by atoms with E-state index in [9.17, 15) is 9.59 Å². The van der Waals surface area contributed by atoms with Crippen LogP contribution in [-0.2, 0) is 17.8 Å². The van der Waals surface area contributed by atoms with Crippen LogP contribution in [0.15, 0.2) is 77.7 Å². The molecular formula is C27H28N4O3. The molecule has 0 aliphatic heterocycles. The molecule has 0 unspecified atom stereocenters. The van der Waals surface area contributed by atoms with Crippen LogP contribution < -0.4 is 15.7 Å². The van der Waals surface area contributed by atoms with Crippen LogP contribution in [0.1, 0.15) is 43.2 Å². The fraction of sp³-hybridized carbons (Fsp3) is 0.296. The molecule has 2 aromatic carbocycles. The quantitative estimate of drug-likeness (QED) is 0.425. The summed E-state index contributed by atoms with van der Waals surface area (Å²) in [7, 11) is 0. The zero-order valence-electron chi connectivity index (χ0n) is 19.0. The number of ether oxygens (including phenoxy) is 1. The van der Waals surface area contributed by atoms with Gasteiger partial charge in [-0.05, 0) is 79.6 Å². The Kier molecular flexibility index (Phi) is 6.42. The van der Waals surface area contributed by atoms with Gasteiger partial charge < -0.3 is 10.1 Å². The summed E-state index contributed by atoms with van der Waals surface area (Å²) in [6.45, 7) is 0.331. The van der Waals surface area contributed by atoms with Crippen LogP contribution in [-0.4, -0.2) is 26.2 Å². The molecule has 2 heterocycles. The maximum Gasteiger partial charge on any atom is 0.350 e. The molecule has 0 saturated heterocycles. The van der Waals surface area contributed by atoms with E-state index in [0.717, 1.165) is 29.7 Å². The van der Waals surface area contributed by atoms with Gasteiger partial charge in [-0.1, -0.05) is 30.3 Å². The first kappa shape index (κ1) is 21.9. The Hall–Kier alpha value is -3.87. The van der Waals surface area contributed by atoms with Crippen molar-refractivity contribution in [2.45, 2.75) is 51.2 Å². The van der Waals surface area contributed by atoms with Gasteiger partial charge in [-0.15, -0.1) is 5.10 Å². The first-order valence-corrected chi connectivity index (χ1v) is 11.8. The number of fused-ring (bicyclic) bond motifs is 1.